The summed E-state index contributed by atoms with van der Waals surface area (Å²) in [6.07, 6.45) is 0. The molecule has 1 aromatic carbocycles. The summed E-state index contributed by atoms with van der Waals surface area (Å²) in [5.74, 6) is -0.0747. The third-order valence-electron chi connectivity index (χ3n) is 4.18. The average Bonchev–Trinajstić information content (AvgIpc) is 2.88. The summed E-state index contributed by atoms with van der Waals surface area (Å²) in [6, 6.07) is 6.14. The highest BCUT2D eigenvalue weighted by atomic mass is 16.5. The van der Waals surface area contributed by atoms with Crippen LogP contribution in [0.15, 0.2) is 18.2 Å². The fourth-order valence-corrected chi connectivity index (χ4v) is 2.88. The van der Waals surface area contributed by atoms with Gasteiger partial charge in [0, 0.05) is 6.54 Å². The van der Waals surface area contributed by atoms with Crippen molar-refractivity contribution in [1.29, 1.82) is 0 Å². The van der Waals surface area contributed by atoms with E-state index in [1.165, 1.54) is 5.56 Å². The third kappa shape index (κ3) is 2.99. The highest BCUT2D eigenvalue weighted by Crippen LogP contribution is 2.17. The highest BCUT2D eigenvalue weighted by molar-refractivity contribution is 5.93. The molecule has 2 heterocycles. The van der Waals surface area contributed by atoms with Crippen molar-refractivity contribution < 1.29 is 9.53 Å². The second-order valence-corrected chi connectivity index (χ2v) is 6.14. The van der Waals surface area contributed by atoms with Gasteiger partial charge in [0.15, 0.2) is 5.69 Å². The van der Waals surface area contributed by atoms with Gasteiger partial charge in [-0.2, -0.15) is 9.90 Å². The average molecular weight is 314 g/mol. The Kier molecular flexibility index (Phi) is 4.17. The molecule has 6 nitrogen and oxygen atoms in total. The van der Waals surface area contributed by atoms with E-state index in [4.69, 9.17) is 4.74 Å². The largest absolute Gasteiger partial charge is 0.377 e. The Bertz CT molecular complexity index is 738. The van der Waals surface area contributed by atoms with Crippen LogP contribution in [-0.2, 0) is 4.74 Å². The van der Waals surface area contributed by atoms with Crippen molar-refractivity contribution in [2.24, 2.45) is 0 Å². The first-order valence-electron chi connectivity index (χ1n) is 7.87. The second kappa shape index (κ2) is 6.12. The van der Waals surface area contributed by atoms with Crippen LogP contribution >= 0.6 is 0 Å². The predicted molar refractivity (Wildman–Crippen MR) is 86.9 cm³/mol. The van der Waals surface area contributed by atoms with Gasteiger partial charge in [-0.25, -0.2) is 0 Å². The van der Waals surface area contributed by atoms with Crippen LogP contribution in [0.3, 0.4) is 0 Å². The molecule has 0 saturated carbocycles. The van der Waals surface area contributed by atoms with Crippen LogP contribution < -0.4 is 0 Å². The normalized spacial score (nSPS) is 18.3. The molecule has 0 radical (unpaired) electrons. The fourth-order valence-electron chi connectivity index (χ4n) is 2.88. The zero-order chi connectivity index (χ0) is 16.6. The summed E-state index contributed by atoms with van der Waals surface area (Å²) in [7, 11) is 0. The molecule has 0 aliphatic carbocycles. The molecule has 1 aliphatic rings. The number of morpholine rings is 1. The van der Waals surface area contributed by atoms with Gasteiger partial charge in [-0.05, 0) is 39.3 Å². The van der Waals surface area contributed by atoms with Crippen molar-refractivity contribution in [3.05, 3.63) is 40.7 Å². The van der Waals surface area contributed by atoms with E-state index in [9.17, 15) is 4.79 Å². The quantitative estimate of drug-likeness (QED) is 0.851. The number of ether oxygens (including phenoxy) is 1. The Hall–Kier alpha value is -2.21. The fraction of sp³-hybridized carbons (Fsp3) is 0.471. The van der Waals surface area contributed by atoms with E-state index in [1.807, 2.05) is 44.7 Å². The van der Waals surface area contributed by atoms with Crippen molar-refractivity contribution in [2.45, 2.75) is 33.7 Å². The summed E-state index contributed by atoms with van der Waals surface area (Å²) < 4.78 is 5.39. The topological polar surface area (TPSA) is 60.2 Å². The molecule has 0 spiro atoms. The first-order chi connectivity index (χ1) is 11.0. The van der Waals surface area contributed by atoms with Gasteiger partial charge in [-0.3, -0.25) is 4.79 Å². The number of carbonyl (C=O) groups excluding carboxylic acids is 1. The summed E-state index contributed by atoms with van der Waals surface area (Å²) in [5, 5.41) is 8.89. The van der Waals surface area contributed by atoms with E-state index < -0.39 is 0 Å². The molecule has 3 rings (SSSR count). The van der Waals surface area contributed by atoms with E-state index in [-0.39, 0.29) is 11.9 Å². The van der Waals surface area contributed by atoms with Crippen LogP contribution in [0.5, 0.6) is 0 Å². The lowest BCUT2D eigenvalue weighted by molar-refractivity contribution is 0.00320. The van der Waals surface area contributed by atoms with E-state index in [1.54, 1.807) is 4.80 Å². The summed E-state index contributed by atoms with van der Waals surface area (Å²) in [4.78, 5) is 16.1. The number of rotatable bonds is 2. The van der Waals surface area contributed by atoms with Gasteiger partial charge in [-0.1, -0.05) is 17.7 Å². The van der Waals surface area contributed by atoms with Crippen molar-refractivity contribution in [2.75, 3.05) is 19.8 Å². The molecule has 0 bridgehead atoms. The first kappa shape index (κ1) is 15.7. The van der Waals surface area contributed by atoms with Gasteiger partial charge < -0.3 is 9.64 Å². The molecule has 1 atom stereocenters. The molecule has 1 fully saturated rings. The number of carbonyl (C=O) groups is 1. The molecule has 122 valence electrons. The Balaban J connectivity index is 1.93. The molecule has 1 aromatic heterocycles. The van der Waals surface area contributed by atoms with Gasteiger partial charge in [0.05, 0.1) is 30.6 Å². The molecule has 2 aromatic rings. The maximum absolute atomic E-state index is 12.8. The monoisotopic (exact) mass is 314 g/mol. The Labute approximate surface area is 136 Å². The van der Waals surface area contributed by atoms with Gasteiger partial charge in [-0.15, -0.1) is 5.10 Å². The predicted octanol–water partition coefficient (Wildman–Crippen LogP) is 2.05. The minimum Gasteiger partial charge on any atom is -0.377 e. The number of hydrogen-bond donors (Lipinski definition) is 0. The lowest BCUT2D eigenvalue weighted by Gasteiger charge is -2.32. The lowest BCUT2D eigenvalue weighted by atomic mass is 10.1. The second-order valence-electron chi connectivity index (χ2n) is 6.14. The van der Waals surface area contributed by atoms with Crippen LogP contribution in [0.4, 0.5) is 0 Å². The summed E-state index contributed by atoms with van der Waals surface area (Å²) in [5.41, 5.74) is 4.23. The molecule has 1 aliphatic heterocycles. The molecule has 0 unspecified atom stereocenters. The minimum absolute atomic E-state index is 0.0573. The van der Waals surface area contributed by atoms with Crippen LogP contribution in [0.2, 0.25) is 0 Å². The standard InChI is InChI=1S/C17H22N4O2/c1-11-5-6-15(12(2)9-11)21-18-14(4)16(19-21)17(22)20-7-8-23-10-13(20)3/h5-6,9,13H,7-8,10H2,1-4H3/t13-/m1/s1. The Morgan fingerprint density at radius 1 is 1.26 bits per heavy atom. The number of nitrogens with zero attached hydrogens (tertiary/aromatic N) is 4. The third-order valence-corrected chi connectivity index (χ3v) is 4.18. The van der Waals surface area contributed by atoms with Crippen LogP contribution in [-0.4, -0.2) is 51.6 Å². The zero-order valence-electron chi connectivity index (χ0n) is 14.0. The molecule has 1 saturated heterocycles. The van der Waals surface area contributed by atoms with E-state index in [0.29, 0.717) is 31.1 Å². The van der Waals surface area contributed by atoms with Crippen molar-refractivity contribution in [3.63, 3.8) is 0 Å². The van der Waals surface area contributed by atoms with Gasteiger partial charge in [0.2, 0.25) is 0 Å². The maximum Gasteiger partial charge on any atom is 0.276 e. The minimum atomic E-state index is -0.0747. The number of amides is 1. The summed E-state index contributed by atoms with van der Waals surface area (Å²) in [6.45, 7) is 9.61. The number of hydrogen-bond acceptors (Lipinski definition) is 4. The lowest BCUT2D eigenvalue weighted by Crippen LogP contribution is -2.47. The van der Waals surface area contributed by atoms with Gasteiger partial charge in [0.1, 0.15) is 0 Å². The van der Waals surface area contributed by atoms with E-state index >= 15 is 0 Å². The van der Waals surface area contributed by atoms with Crippen LogP contribution in [0.1, 0.15) is 34.2 Å². The number of benzene rings is 1. The summed E-state index contributed by atoms with van der Waals surface area (Å²) >= 11 is 0. The SMILES string of the molecule is Cc1ccc(-n2nc(C)c(C(=O)N3CCOC[C@H]3C)n2)c(C)c1. The maximum atomic E-state index is 12.8. The van der Waals surface area contributed by atoms with Crippen LogP contribution in [0.25, 0.3) is 5.69 Å². The van der Waals surface area contributed by atoms with E-state index in [2.05, 4.69) is 16.3 Å². The molecular weight excluding hydrogens is 292 g/mol. The Morgan fingerprint density at radius 2 is 2.04 bits per heavy atom. The van der Waals surface area contributed by atoms with Crippen molar-refractivity contribution >= 4 is 5.91 Å². The van der Waals surface area contributed by atoms with Crippen molar-refractivity contribution in [3.8, 4) is 5.69 Å². The smallest absolute Gasteiger partial charge is 0.276 e. The van der Waals surface area contributed by atoms with E-state index in [0.717, 1.165) is 11.3 Å². The highest BCUT2D eigenvalue weighted by Gasteiger charge is 2.28. The van der Waals surface area contributed by atoms with Gasteiger partial charge >= 0.3 is 0 Å². The molecule has 1 amide bonds. The first-order valence-corrected chi connectivity index (χ1v) is 7.87. The molecule has 6 heteroatoms. The Morgan fingerprint density at radius 3 is 2.74 bits per heavy atom. The molecule has 23 heavy (non-hydrogen) atoms. The van der Waals surface area contributed by atoms with Crippen molar-refractivity contribution in [1.82, 2.24) is 19.9 Å². The molecule has 0 N–H and O–H groups in total. The van der Waals surface area contributed by atoms with Gasteiger partial charge in [0.25, 0.3) is 5.91 Å². The zero-order valence-corrected chi connectivity index (χ0v) is 14.0. The molecular formula is C17H22N4O2. The number of aryl methyl sites for hydroxylation is 3. The number of aromatic nitrogens is 3. The van der Waals surface area contributed by atoms with Crippen LogP contribution in [0, 0.1) is 20.8 Å².